The van der Waals surface area contributed by atoms with Crippen LogP contribution in [0.4, 0.5) is 17.1 Å². The van der Waals surface area contributed by atoms with Crippen LogP contribution in [-0.2, 0) is 0 Å². The number of aromatic nitrogens is 1. The predicted molar refractivity (Wildman–Crippen MR) is 290 cm³/mol. The number of anilines is 3. The first-order chi connectivity index (χ1) is 34.2. The fraction of sp³-hybridized carbons (Fsp3) is 0. The zero-order valence-corrected chi connectivity index (χ0v) is 37.7. The van der Waals surface area contributed by atoms with E-state index < -0.39 is 0 Å². The molecule has 0 bridgehead atoms. The summed E-state index contributed by atoms with van der Waals surface area (Å²) in [4.78, 5) is 2.32. The molecule has 2 aromatic heterocycles. The summed E-state index contributed by atoms with van der Waals surface area (Å²) < 4.78 is 8.71. The molecule has 13 rings (SSSR count). The van der Waals surface area contributed by atoms with Crippen molar-refractivity contribution in [3.63, 3.8) is 0 Å². The van der Waals surface area contributed by atoms with Crippen LogP contribution in [0.5, 0.6) is 0 Å². The van der Waals surface area contributed by atoms with E-state index in [1.165, 1.54) is 32.9 Å². The van der Waals surface area contributed by atoms with Gasteiger partial charge in [0, 0.05) is 44.3 Å². The zero-order chi connectivity index (χ0) is 45.7. The summed E-state index contributed by atoms with van der Waals surface area (Å²) in [5.41, 5.74) is 20.2. The van der Waals surface area contributed by atoms with Gasteiger partial charge in [0.2, 0.25) is 0 Å². The van der Waals surface area contributed by atoms with Crippen molar-refractivity contribution in [1.29, 1.82) is 0 Å². The van der Waals surface area contributed by atoms with Crippen molar-refractivity contribution >= 4 is 60.8 Å². The first-order valence-corrected chi connectivity index (χ1v) is 23.6. The second-order valence-electron chi connectivity index (χ2n) is 17.7. The number of hydrogen-bond acceptors (Lipinski definition) is 2. The van der Waals surface area contributed by atoms with E-state index in [-0.39, 0.29) is 0 Å². The first-order valence-electron chi connectivity index (χ1n) is 23.6. The molecule has 324 valence electrons. The molecular formula is C66H44N2O. The summed E-state index contributed by atoms with van der Waals surface area (Å²) in [6.07, 6.45) is 0. The average Bonchev–Trinajstić information content (AvgIpc) is 3.97. The number of rotatable bonds is 9. The number of furan rings is 1. The van der Waals surface area contributed by atoms with Crippen molar-refractivity contribution in [2.45, 2.75) is 0 Å². The van der Waals surface area contributed by atoms with Crippen molar-refractivity contribution in [3.8, 4) is 61.3 Å². The molecule has 0 radical (unpaired) electrons. The molecule has 0 aliphatic rings. The van der Waals surface area contributed by atoms with Crippen LogP contribution >= 0.6 is 0 Å². The lowest BCUT2D eigenvalue weighted by molar-refractivity contribution is 0.669. The third-order valence-corrected chi connectivity index (χ3v) is 13.5. The highest BCUT2D eigenvalue weighted by molar-refractivity contribution is 6.11. The molecule has 0 fully saturated rings. The second-order valence-corrected chi connectivity index (χ2v) is 17.7. The highest BCUT2D eigenvalue weighted by Crippen LogP contribution is 2.41. The standard InChI is InChI=1S/C66H44N2O/c1-4-16-45(17-5-1)46-30-34-57(35-31-46)68-63-28-12-10-26-59(63)60-36-32-51(44-64(60)68)54-40-52(39-53(41-54)50-33-37-66-62(43-50)61-27-11-13-29-65(61)69-66)48-19-14-18-47(38-48)49-20-15-25-58(42-49)67(55-21-6-2-7-22-55)56-23-8-3-9-24-56/h1-44H. The van der Waals surface area contributed by atoms with Crippen LogP contribution in [0.25, 0.3) is 105 Å². The maximum absolute atomic E-state index is 6.30. The summed E-state index contributed by atoms with van der Waals surface area (Å²) in [7, 11) is 0. The molecular weight excluding hydrogens is 837 g/mol. The average molecular weight is 881 g/mol. The van der Waals surface area contributed by atoms with Crippen LogP contribution in [0.3, 0.4) is 0 Å². The topological polar surface area (TPSA) is 21.3 Å². The van der Waals surface area contributed by atoms with E-state index in [2.05, 4.69) is 264 Å². The minimum Gasteiger partial charge on any atom is -0.456 e. The zero-order valence-electron chi connectivity index (χ0n) is 37.7. The number of hydrogen-bond donors (Lipinski definition) is 0. The largest absolute Gasteiger partial charge is 0.456 e. The Kier molecular flexibility index (Phi) is 9.84. The molecule has 11 aromatic carbocycles. The third-order valence-electron chi connectivity index (χ3n) is 13.5. The smallest absolute Gasteiger partial charge is 0.135 e. The molecule has 0 aliphatic heterocycles. The lowest BCUT2D eigenvalue weighted by Crippen LogP contribution is -2.09. The van der Waals surface area contributed by atoms with E-state index in [1.54, 1.807) is 0 Å². The van der Waals surface area contributed by atoms with Gasteiger partial charge in [-0.25, -0.2) is 0 Å². The van der Waals surface area contributed by atoms with Crippen molar-refractivity contribution in [2.24, 2.45) is 0 Å². The minimum absolute atomic E-state index is 0.888. The molecule has 2 heterocycles. The van der Waals surface area contributed by atoms with Crippen LogP contribution in [-0.4, -0.2) is 4.57 Å². The molecule has 13 aromatic rings. The Labute approximate surface area is 401 Å². The van der Waals surface area contributed by atoms with Gasteiger partial charge < -0.3 is 13.9 Å². The molecule has 69 heavy (non-hydrogen) atoms. The van der Waals surface area contributed by atoms with E-state index in [4.69, 9.17) is 4.42 Å². The van der Waals surface area contributed by atoms with Gasteiger partial charge >= 0.3 is 0 Å². The lowest BCUT2D eigenvalue weighted by atomic mass is 9.91. The molecule has 3 heteroatoms. The van der Waals surface area contributed by atoms with Gasteiger partial charge in [-0.15, -0.1) is 0 Å². The molecule has 0 N–H and O–H groups in total. The van der Waals surface area contributed by atoms with E-state index in [0.717, 1.165) is 89.2 Å². The summed E-state index contributed by atoms with van der Waals surface area (Å²) in [6.45, 7) is 0. The Morgan fingerprint density at radius 1 is 0.246 bits per heavy atom. The lowest BCUT2D eigenvalue weighted by Gasteiger charge is -2.26. The van der Waals surface area contributed by atoms with Gasteiger partial charge in [-0.3, -0.25) is 0 Å². The molecule has 0 amide bonds. The van der Waals surface area contributed by atoms with Gasteiger partial charge in [0.05, 0.1) is 11.0 Å². The number of nitrogens with zero attached hydrogens (tertiary/aromatic N) is 2. The predicted octanol–water partition coefficient (Wildman–Crippen LogP) is 18.5. The molecule has 0 saturated carbocycles. The Morgan fingerprint density at radius 3 is 1.41 bits per heavy atom. The fourth-order valence-corrected chi connectivity index (χ4v) is 10.2. The maximum atomic E-state index is 6.30. The fourth-order valence-electron chi connectivity index (χ4n) is 10.2. The quantitative estimate of drug-likeness (QED) is 0.144. The molecule has 0 spiro atoms. The van der Waals surface area contributed by atoms with E-state index in [0.29, 0.717) is 0 Å². The molecule has 0 atom stereocenters. The highest BCUT2D eigenvalue weighted by atomic mass is 16.3. The van der Waals surface area contributed by atoms with Crippen molar-refractivity contribution < 1.29 is 4.42 Å². The summed E-state index contributed by atoms with van der Waals surface area (Å²) >= 11 is 0. The second kappa shape index (κ2) is 16.9. The maximum Gasteiger partial charge on any atom is 0.135 e. The van der Waals surface area contributed by atoms with Crippen LogP contribution < -0.4 is 4.90 Å². The monoisotopic (exact) mass is 880 g/mol. The van der Waals surface area contributed by atoms with Gasteiger partial charge in [-0.05, 0) is 159 Å². The number of fused-ring (bicyclic) bond motifs is 6. The van der Waals surface area contributed by atoms with Gasteiger partial charge in [0.15, 0.2) is 0 Å². The first kappa shape index (κ1) is 40.1. The number of para-hydroxylation sites is 4. The normalized spacial score (nSPS) is 11.5. The molecule has 3 nitrogen and oxygen atoms in total. The molecule has 0 aliphatic carbocycles. The van der Waals surface area contributed by atoms with Crippen LogP contribution in [0.1, 0.15) is 0 Å². The molecule has 0 unspecified atom stereocenters. The van der Waals surface area contributed by atoms with Gasteiger partial charge in [-0.1, -0.05) is 164 Å². The summed E-state index contributed by atoms with van der Waals surface area (Å²) in [5, 5.41) is 4.69. The van der Waals surface area contributed by atoms with E-state index >= 15 is 0 Å². The summed E-state index contributed by atoms with van der Waals surface area (Å²) in [6, 6.07) is 96.3. The van der Waals surface area contributed by atoms with Crippen LogP contribution in [0.15, 0.2) is 271 Å². The SMILES string of the molecule is c1ccc(-c2ccc(-n3c4ccccc4c4ccc(-c5cc(-c6cccc(-c7cccc(N(c8ccccc8)c8ccccc8)c7)c6)cc(-c6ccc7oc8ccccc8c7c6)c5)cc43)cc2)cc1. The Balaban J connectivity index is 0.958. The van der Waals surface area contributed by atoms with E-state index in [1.807, 2.05) is 12.1 Å². The summed E-state index contributed by atoms with van der Waals surface area (Å²) in [5.74, 6) is 0. The highest BCUT2D eigenvalue weighted by Gasteiger charge is 2.17. The minimum atomic E-state index is 0.888. The van der Waals surface area contributed by atoms with Gasteiger partial charge in [0.1, 0.15) is 11.2 Å². The Bertz CT molecular complexity index is 3960. The Hall–Kier alpha value is -9.18. The van der Waals surface area contributed by atoms with Crippen LogP contribution in [0, 0.1) is 0 Å². The Morgan fingerprint density at radius 2 is 0.696 bits per heavy atom. The third kappa shape index (κ3) is 7.34. The van der Waals surface area contributed by atoms with E-state index in [9.17, 15) is 0 Å². The van der Waals surface area contributed by atoms with Crippen LogP contribution in [0.2, 0.25) is 0 Å². The van der Waals surface area contributed by atoms with Crippen molar-refractivity contribution in [2.75, 3.05) is 4.90 Å². The van der Waals surface area contributed by atoms with Gasteiger partial charge in [-0.2, -0.15) is 0 Å². The van der Waals surface area contributed by atoms with Gasteiger partial charge in [0.25, 0.3) is 0 Å². The van der Waals surface area contributed by atoms with Crippen molar-refractivity contribution in [3.05, 3.63) is 267 Å². The number of benzene rings is 11. The molecule has 0 saturated heterocycles. The van der Waals surface area contributed by atoms with Crippen molar-refractivity contribution in [1.82, 2.24) is 4.57 Å².